The van der Waals surface area contributed by atoms with Gasteiger partial charge in [0.25, 0.3) is 5.56 Å². The maximum Gasteiger partial charge on any atom is 0.330 e. The summed E-state index contributed by atoms with van der Waals surface area (Å²) in [6.07, 6.45) is -4.33. The summed E-state index contributed by atoms with van der Waals surface area (Å²) in [7, 11) is 1.39. The van der Waals surface area contributed by atoms with Crippen LogP contribution in [0.3, 0.4) is 0 Å². The molecule has 0 spiro atoms. The van der Waals surface area contributed by atoms with E-state index in [1.807, 2.05) is 4.98 Å². The lowest BCUT2D eigenvalue weighted by atomic mass is 10.2. The van der Waals surface area contributed by atoms with Crippen LogP contribution in [-0.2, 0) is 14.3 Å². The van der Waals surface area contributed by atoms with Crippen LogP contribution in [0.4, 0.5) is 0 Å². The number of azide groups is 1. The molecule has 25 heavy (non-hydrogen) atoms. The molecule has 1 aliphatic heterocycles. The molecule has 12 nitrogen and oxygen atoms in total. The minimum atomic E-state index is -1.45. The zero-order valence-electron chi connectivity index (χ0n) is 13.8. The van der Waals surface area contributed by atoms with Gasteiger partial charge >= 0.3 is 11.7 Å². The largest absolute Gasteiger partial charge is 0.469 e. The summed E-state index contributed by atoms with van der Waals surface area (Å²) in [4.78, 5) is 37.1. The van der Waals surface area contributed by atoms with Crippen molar-refractivity contribution in [2.45, 2.75) is 38.5 Å². The number of ether oxygens (including phenoxy) is 2. The van der Waals surface area contributed by atoms with E-state index in [0.717, 1.165) is 16.8 Å². The number of aromatic nitrogens is 2. The number of rotatable bonds is 3. The Morgan fingerprint density at radius 1 is 1.44 bits per heavy atom. The van der Waals surface area contributed by atoms with Crippen molar-refractivity contribution in [1.82, 2.24) is 9.55 Å². The number of hydrogen-bond acceptors (Lipinski definition) is 8. The van der Waals surface area contributed by atoms with Crippen LogP contribution >= 0.6 is 0 Å². The van der Waals surface area contributed by atoms with Crippen molar-refractivity contribution in [3.05, 3.63) is 43.5 Å². The Morgan fingerprint density at radius 3 is 2.52 bits per heavy atom. The van der Waals surface area contributed by atoms with Crippen LogP contribution in [-0.4, -0.2) is 51.3 Å². The van der Waals surface area contributed by atoms with Gasteiger partial charge < -0.3 is 19.7 Å². The molecule has 0 aromatic carbocycles. The van der Waals surface area contributed by atoms with Crippen molar-refractivity contribution < 1.29 is 24.5 Å². The number of aromatic amines is 1. The first kappa shape index (κ1) is 20.4. The molecule has 0 unspecified atom stereocenters. The smallest absolute Gasteiger partial charge is 0.330 e. The summed E-state index contributed by atoms with van der Waals surface area (Å²) < 4.78 is 10.3. The second kappa shape index (κ2) is 8.99. The molecule has 1 saturated heterocycles. The average Bonchev–Trinajstić information content (AvgIpc) is 2.83. The van der Waals surface area contributed by atoms with E-state index in [2.05, 4.69) is 14.8 Å². The molecule has 0 bridgehead atoms. The third-order valence-electron chi connectivity index (χ3n) is 3.18. The number of nitrogens with zero attached hydrogens (tertiary/aromatic N) is 4. The Morgan fingerprint density at radius 2 is 2.08 bits per heavy atom. The molecule has 0 amide bonds. The summed E-state index contributed by atoms with van der Waals surface area (Å²) in [5.74, 6) is -0.148. The fraction of sp³-hybridized carbons (Fsp3) is 0.615. The number of carbonyl (C=O) groups excluding carboxylic acids is 1. The van der Waals surface area contributed by atoms with Crippen molar-refractivity contribution >= 4 is 5.97 Å². The second-order valence-electron chi connectivity index (χ2n) is 5.30. The second-order valence-corrected chi connectivity index (χ2v) is 5.30. The van der Waals surface area contributed by atoms with Crippen molar-refractivity contribution in [2.75, 3.05) is 7.11 Å². The summed E-state index contributed by atoms with van der Waals surface area (Å²) in [5.41, 5.74) is 6.84. The predicted molar refractivity (Wildman–Crippen MR) is 83.2 cm³/mol. The van der Waals surface area contributed by atoms with Crippen LogP contribution < -0.4 is 11.2 Å². The van der Waals surface area contributed by atoms with Crippen LogP contribution in [0.2, 0.25) is 0 Å². The van der Waals surface area contributed by atoms with Gasteiger partial charge in [0.2, 0.25) is 0 Å². The fourth-order valence-electron chi connectivity index (χ4n) is 1.88. The topological polar surface area (TPSA) is 180 Å². The molecule has 138 valence electrons. The van der Waals surface area contributed by atoms with E-state index in [1.54, 1.807) is 13.8 Å². The predicted octanol–water partition coefficient (Wildman–Crippen LogP) is -0.761. The van der Waals surface area contributed by atoms with Crippen molar-refractivity contribution in [2.24, 2.45) is 11.0 Å². The van der Waals surface area contributed by atoms with Gasteiger partial charge in [0, 0.05) is 17.2 Å². The first-order valence-electron chi connectivity index (χ1n) is 7.18. The lowest BCUT2D eigenvalue weighted by Crippen LogP contribution is -2.37. The number of nitrogens with one attached hydrogen (secondary N) is 1. The number of methoxy groups -OCH3 is 1. The molecule has 1 aromatic heterocycles. The molecule has 1 aliphatic rings. The first-order chi connectivity index (χ1) is 11.7. The molecule has 0 aliphatic carbocycles. The van der Waals surface area contributed by atoms with Crippen LogP contribution in [0.15, 0.2) is 27.0 Å². The van der Waals surface area contributed by atoms with E-state index in [-0.39, 0.29) is 11.9 Å². The first-order valence-corrected chi connectivity index (χ1v) is 7.18. The Labute approximate surface area is 141 Å². The molecule has 4 atom stereocenters. The average molecular weight is 357 g/mol. The molecular weight excluding hydrogens is 338 g/mol. The van der Waals surface area contributed by atoms with Gasteiger partial charge in [-0.1, -0.05) is 19.0 Å². The van der Waals surface area contributed by atoms with Crippen LogP contribution in [0.1, 0.15) is 20.1 Å². The van der Waals surface area contributed by atoms with E-state index in [0.29, 0.717) is 0 Å². The maximum atomic E-state index is 11.5. The Kier molecular flexibility index (Phi) is 7.33. The van der Waals surface area contributed by atoms with Crippen molar-refractivity contribution in [1.29, 1.82) is 0 Å². The molecule has 1 aromatic rings. The minimum Gasteiger partial charge on any atom is -0.469 e. The highest BCUT2D eigenvalue weighted by molar-refractivity contribution is 5.71. The van der Waals surface area contributed by atoms with Crippen molar-refractivity contribution in [3.8, 4) is 0 Å². The Balaban J connectivity index is 0.000000381. The highest BCUT2D eigenvalue weighted by Gasteiger charge is 2.43. The standard InChI is InChI=1S/C8H9N5O5.C5H10O2/c9-12-11-6-4(15)5(16)7(18-6)13-2-1-3(14)10-8(13)17;1-4(2)5(6)7-3/h1-2,4-7,15-16H,(H,10,14,17);4H,1-3H3/t4-,5+,6+,7+;/m0./s1. The van der Waals surface area contributed by atoms with Gasteiger partial charge in [-0.15, -0.1) is 0 Å². The highest BCUT2D eigenvalue weighted by atomic mass is 16.6. The van der Waals surface area contributed by atoms with Crippen LogP contribution in [0.5, 0.6) is 0 Å². The van der Waals surface area contributed by atoms with Crippen LogP contribution in [0, 0.1) is 5.92 Å². The monoisotopic (exact) mass is 357 g/mol. The van der Waals surface area contributed by atoms with Gasteiger partial charge in [-0.3, -0.25) is 19.1 Å². The quantitative estimate of drug-likeness (QED) is 0.275. The molecule has 12 heteroatoms. The normalized spacial score (nSPS) is 24.9. The zero-order chi connectivity index (χ0) is 19.1. The van der Waals surface area contributed by atoms with E-state index in [1.165, 1.54) is 7.11 Å². The lowest BCUT2D eigenvalue weighted by molar-refractivity contribution is -0.144. The van der Waals surface area contributed by atoms with Gasteiger partial charge in [0.05, 0.1) is 13.0 Å². The Bertz CT molecular complexity index is 752. The molecule has 0 saturated carbocycles. The van der Waals surface area contributed by atoms with Gasteiger partial charge in [0.1, 0.15) is 12.2 Å². The molecule has 0 radical (unpaired) electrons. The summed E-state index contributed by atoms with van der Waals surface area (Å²) in [6, 6.07) is 1.06. The highest BCUT2D eigenvalue weighted by Crippen LogP contribution is 2.28. The lowest BCUT2D eigenvalue weighted by Gasteiger charge is -2.16. The van der Waals surface area contributed by atoms with Gasteiger partial charge in [-0.25, -0.2) is 4.79 Å². The molecule has 2 rings (SSSR count). The van der Waals surface area contributed by atoms with E-state index < -0.39 is 35.9 Å². The SMILES string of the molecule is COC(=O)C(C)C.[N-]=[N+]=N[C@@H]1O[C@@H](n2ccc(=O)[nH]c2=O)[C@H](O)[C@@H]1O. The molecule has 2 heterocycles. The van der Waals surface area contributed by atoms with Gasteiger partial charge in [-0.05, 0) is 5.53 Å². The summed E-state index contributed by atoms with van der Waals surface area (Å²) in [6.45, 7) is 3.59. The minimum absolute atomic E-state index is 0.00463. The molecular formula is C13H19N5O7. The van der Waals surface area contributed by atoms with Crippen LogP contribution in [0.25, 0.3) is 10.4 Å². The third kappa shape index (κ3) is 5.16. The Hall–Kier alpha value is -2.66. The number of esters is 1. The fourth-order valence-corrected chi connectivity index (χ4v) is 1.88. The number of aliphatic hydroxyl groups excluding tert-OH is 2. The summed E-state index contributed by atoms with van der Waals surface area (Å²) in [5, 5.41) is 22.4. The zero-order valence-corrected chi connectivity index (χ0v) is 13.8. The summed E-state index contributed by atoms with van der Waals surface area (Å²) >= 11 is 0. The molecule has 1 fully saturated rings. The van der Waals surface area contributed by atoms with E-state index in [4.69, 9.17) is 10.3 Å². The van der Waals surface area contributed by atoms with Gasteiger partial charge in [-0.2, -0.15) is 0 Å². The number of aliphatic hydroxyl groups is 2. The number of H-pyrrole nitrogens is 1. The van der Waals surface area contributed by atoms with E-state index in [9.17, 15) is 24.6 Å². The van der Waals surface area contributed by atoms with Gasteiger partial charge in [0.15, 0.2) is 12.5 Å². The van der Waals surface area contributed by atoms with E-state index >= 15 is 0 Å². The number of hydrogen-bond donors (Lipinski definition) is 3. The number of carbonyl (C=O) groups is 1. The van der Waals surface area contributed by atoms with Crippen molar-refractivity contribution in [3.63, 3.8) is 0 Å². The third-order valence-corrected chi connectivity index (χ3v) is 3.18. The molecule has 3 N–H and O–H groups in total. The maximum absolute atomic E-state index is 11.5.